The molecular weight excluding hydrogens is 439 g/mol. The quantitative estimate of drug-likeness (QED) is 0.597. The van der Waals surface area contributed by atoms with Gasteiger partial charge < -0.3 is 14.7 Å². The highest BCUT2D eigenvalue weighted by Gasteiger charge is 2.35. The Bertz CT molecular complexity index is 1060. The standard InChI is InChI=1S/C17H16F3N7O3S/c18-17(19,20)11-3-1-2-4-12(11)30-10-5-7-26(8-6-10)16-23-22-15(31-16)14-21-25-27(24-14)9-13(28)29/h1-4,10H,5-9H2,(H,28,29). The minimum absolute atomic E-state index is 0.165. The van der Waals surface area contributed by atoms with Crippen LogP contribution in [0.2, 0.25) is 0 Å². The highest BCUT2D eigenvalue weighted by Crippen LogP contribution is 2.37. The van der Waals surface area contributed by atoms with Crippen LogP contribution in [0.25, 0.3) is 10.8 Å². The maximum atomic E-state index is 13.1. The number of anilines is 1. The number of carbonyl (C=O) groups is 1. The van der Waals surface area contributed by atoms with E-state index in [-0.39, 0.29) is 17.7 Å². The minimum Gasteiger partial charge on any atom is -0.490 e. The fourth-order valence-corrected chi connectivity index (χ4v) is 3.92. The van der Waals surface area contributed by atoms with E-state index in [1.165, 1.54) is 29.5 Å². The molecule has 2 aromatic heterocycles. The largest absolute Gasteiger partial charge is 0.490 e. The number of tetrazole rings is 1. The molecule has 0 unspecified atom stereocenters. The van der Waals surface area contributed by atoms with Gasteiger partial charge in [-0.1, -0.05) is 23.5 Å². The lowest BCUT2D eigenvalue weighted by Crippen LogP contribution is -2.38. The molecule has 3 heterocycles. The molecule has 1 fully saturated rings. The fraction of sp³-hybridized carbons (Fsp3) is 0.412. The van der Waals surface area contributed by atoms with E-state index < -0.39 is 24.3 Å². The number of carboxylic acid groups (broad SMARTS) is 1. The summed E-state index contributed by atoms with van der Waals surface area (Å²) < 4.78 is 45.1. The van der Waals surface area contributed by atoms with Crippen LogP contribution in [-0.4, -0.2) is 60.7 Å². The number of hydrogen-bond donors (Lipinski definition) is 1. The van der Waals surface area contributed by atoms with Crippen LogP contribution in [0.1, 0.15) is 18.4 Å². The molecule has 0 aliphatic carbocycles. The van der Waals surface area contributed by atoms with Crippen molar-refractivity contribution in [2.24, 2.45) is 0 Å². The molecule has 164 valence electrons. The van der Waals surface area contributed by atoms with E-state index in [0.29, 0.717) is 36.1 Å². The Labute approximate surface area is 177 Å². The third-order valence-corrected chi connectivity index (χ3v) is 5.51. The van der Waals surface area contributed by atoms with Crippen molar-refractivity contribution in [3.63, 3.8) is 0 Å². The van der Waals surface area contributed by atoms with Gasteiger partial charge in [0, 0.05) is 25.9 Å². The molecule has 3 aromatic rings. The van der Waals surface area contributed by atoms with Crippen molar-refractivity contribution >= 4 is 22.4 Å². The predicted molar refractivity (Wildman–Crippen MR) is 102 cm³/mol. The number of benzene rings is 1. The lowest BCUT2D eigenvalue weighted by atomic mass is 10.1. The normalized spacial score (nSPS) is 15.3. The Morgan fingerprint density at radius 3 is 2.65 bits per heavy atom. The summed E-state index contributed by atoms with van der Waals surface area (Å²) in [5.74, 6) is -1.08. The second-order valence-electron chi connectivity index (χ2n) is 6.73. The second-order valence-corrected chi connectivity index (χ2v) is 7.68. The average molecular weight is 455 g/mol. The van der Waals surface area contributed by atoms with Crippen molar-refractivity contribution in [1.29, 1.82) is 0 Å². The summed E-state index contributed by atoms with van der Waals surface area (Å²) in [6, 6.07) is 5.19. The average Bonchev–Trinajstić information content (AvgIpc) is 3.37. The highest BCUT2D eigenvalue weighted by molar-refractivity contribution is 7.18. The van der Waals surface area contributed by atoms with Crippen LogP contribution < -0.4 is 9.64 Å². The van der Waals surface area contributed by atoms with Crippen LogP contribution in [0.5, 0.6) is 5.75 Å². The number of alkyl halides is 3. The summed E-state index contributed by atoms with van der Waals surface area (Å²) in [6.45, 7) is 0.656. The van der Waals surface area contributed by atoms with Crippen LogP contribution in [0.15, 0.2) is 24.3 Å². The van der Waals surface area contributed by atoms with Gasteiger partial charge in [0.15, 0.2) is 11.6 Å². The number of aromatic nitrogens is 6. The zero-order valence-corrected chi connectivity index (χ0v) is 16.7. The molecule has 14 heteroatoms. The van der Waals surface area contributed by atoms with Gasteiger partial charge in [-0.3, -0.25) is 4.79 Å². The van der Waals surface area contributed by atoms with Gasteiger partial charge in [0.1, 0.15) is 11.9 Å². The van der Waals surface area contributed by atoms with Crippen molar-refractivity contribution in [2.75, 3.05) is 18.0 Å². The van der Waals surface area contributed by atoms with Crippen molar-refractivity contribution in [3.05, 3.63) is 29.8 Å². The first kappa shape index (κ1) is 21.0. The third-order valence-electron chi connectivity index (χ3n) is 4.53. The number of carboxylic acids is 1. The zero-order valence-electron chi connectivity index (χ0n) is 15.9. The van der Waals surface area contributed by atoms with E-state index in [2.05, 4.69) is 25.6 Å². The van der Waals surface area contributed by atoms with Crippen molar-refractivity contribution < 1.29 is 27.8 Å². The van der Waals surface area contributed by atoms with E-state index in [1.54, 1.807) is 0 Å². The second kappa shape index (κ2) is 8.45. The predicted octanol–water partition coefficient (Wildman–Crippen LogP) is 2.34. The zero-order chi connectivity index (χ0) is 22.0. The molecule has 10 nitrogen and oxygen atoms in total. The molecular formula is C17H16F3N7O3S. The summed E-state index contributed by atoms with van der Waals surface area (Å²) in [5.41, 5.74) is -0.783. The van der Waals surface area contributed by atoms with Gasteiger partial charge >= 0.3 is 12.1 Å². The van der Waals surface area contributed by atoms with Crippen LogP contribution in [-0.2, 0) is 17.5 Å². The van der Waals surface area contributed by atoms with E-state index in [0.717, 1.165) is 10.9 Å². The summed E-state index contributed by atoms with van der Waals surface area (Å²) in [4.78, 5) is 13.6. The Balaban J connectivity index is 1.37. The number of para-hydroxylation sites is 1. The van der Waals surface area contributed by atoms with Crippen molar-refractivity contribution in [1.82, 2.24) is 30.4 Å². The molecule has 31 heavy (non-hydrogen) atoms. The van der Waals surface area contributed by atoms with Crippen molar-refractivity contribution in [3.8, 4) is 16.6 Å². The monoisotopic (exact) mass is 455 g/mol. The summed E-state index contributed by atoms with van der Waals surface area (Å²) in [5, 5.41) is 29.3. The van der Waals surface area contributed by atoms with Gasteiger partial charge in [-0.15, -0.1) is 20.4 Å². The number of hydrogen-bond acceptors (Lipinski definition) is 9. The van der Waals surface area contributed by atoms with E-state index in [9.17, 15) is 18.0 Å². The number of rotatable bonds is 6. The number of aliphatic carboxylic acids is 1. The van der Waals surface area contributed by atoms with Crippen LogP contribution in [0.4, 0.5) is 18.3 Å². The maximum Gasteiger partial charge on any atom is 0.419 e. The van der Waals surface area contributed by atoms with Crippen LogP contribution >= 0.6 is 11.3 Å². The van der Waals surface area contributed by atoms with Crippen LogP contribution in [0.3, 0.4) is 0 Å². The lowest BCUT2D eigenvalue weighted by Gasteiger charge is -2.32. The third kappa shape index (κ3) is 4.90. The smallest absolute Gasteiger partial charge is 0.419 e. The SMILES string of the molecule is O=C(O)Cn1nnc(-c2nnc(N3CCC(Oc4ccccc4C(F)(F)F)CC3)s2)n1. The topological polar surface area (TPSA) is 119 Å². The Morgan fingerprint density at radius 2 is 1.94 bits per heavy atom. The van der Waals surface area contributed by atoms with Gasteiger partial charge in [0.05, 0.1) is 5.56 Å². The first-order chi connectivity index (χ1) is 14.8. The lowest BCUT2D eigenvalue weighted by molar-refractivity contribution is -0.139. The first-order valence-corrected chi connectivity index (χ1v) is 10.0. The molecule has 0 atom stereocenters. The molecule has 0 radical (unpaired) electrons. The molecule has 0 amide bonds. The molecule has 1 N–H and O–H groups in total. The maximum absolute atomic E-state index is 13.1. The van der Waals surface area contributed by atoms with Gasteiger partial charge in [-0.25, -0.2) is 0 Å². The molecule has 1 aliphatic heterocycles. The summed E-state index contributed by atoms with van der Waals surface area (Å²) >= 11 is 1.22. The van der Waals surface area contributed by atoms with E-state index >= 15 is 0 Å². The first-order valence-electron chi connectivity index (χ1n) is 9.21. The Morgan fingerprint density at radius 1 is 1.19 bits per heavy atom. The van der Waals surface area contributed by atoms with E-state index in [1.807, 2.05) is 4.90 Å². The van der Waals surface area contributed by atoms with Gasteiger partial charge in [-0.05, 0) is 17.3 Å². The Hall–Kier alpha value is -3.29. The molecule has 0 bridgehead atoms. The number of piperidine rings is 1. The number of halogens is 3. The summed E-state index contributed by atoms with van der Waals surface area (Å²) in [6.07, 6.45) is -3.77. The fourth-order valence-electron chi connectivity index (χ4n) is 3.10. The van der Waals surface area contributed by atoms with Crippen molar-refractivity contribution in [2.45, 2.75) is 31.7 Å². The summed E-state index contributed by atoms with van der Waals surface area (Å²) in [7, 11) is 0. The minimum atomic E-state index is -4.47. The number of ether oxygens (including phenoxy) is 1. The van der Waals surface area contributed by atoms with E-state index in [4.69, 9.17) is 9.84 Å². The molecule has 1 aliphatic rings. The molecule has 1 aromatic carbocycles. The molecule has 1 saturated heterocycles. The molecule has 4 rings (SSSR count). The number of nitrogens with zero attached hydrogens (tertiary/aromatic N) is 7. The molecule has 0 spiro atoms. The highest BCUT2D eigenvalue weighted by atomic mass is 32.1. The Kier molecular flexibility index (Phi) is 5.71. The molecule has 0 saturated carbocycles. The van der Waals surface area contributed by atoms with Gasteiger partial charge in [-0.2, -0.15) is 18.0 Å². The van der Waals surface area contributed by atoms with Gasteiger partial charge in [0.25, 0.3) is 0 Å². The van der Waals surface area contributed by atoms with Crippen LogP contribution in [0, 0.1) is 0 Å². The van der Waals surface area contributed by atoms with Gasteiger partial charge in [0.2, 0.25) is 11.0 Å².